The van der Waals surface area contributed by atoms with E-state index in [0.29, 0.717) is 23.8 Å². The highest BCUT2D eigenvalue weighted by molar-refractivity contribution is 5.59. The van der Waals surface area contributed by atoms with E-state index >= 15 is 0 Å². The molecule has 6 aromatic rings. The summed E-state index contributed by atoms with van der Waals surface area (Å²) in [4.78, 5) is 15.8. The molecule has 23 heteroatoms. The van der Waals surface area contributed by atoms with E-state index in [-0.39, 0.29) is 0 Å². The highest BCUT2D eigenvalue weighted by Gasteiger charge is 2.08. The molecule has 70 heavy (non-hydrogen) atoms. The number of aliphatic imine (C=N–C) groups is 1. The van der Waals surface area contributed by atoms with Crippen molar-refractivity contribution in [3.8, 4) is 0 Å². The first-order valence-corrected chi connectivity index (χ1v) is 25.1. The van der Waals surface area contributed by atoms with Gasteiger partial charge in [-0.3, -0.25) is 14.4 Å². The molecule has 0 aliphatic carbocycles. The van der Waals surface area contributed by atoms with Crippen molar-refractivity contribution in [1.29, 1.82) is 0 Å². The number of hydrogen-bond acceptors (Lipinski definition) is 17. The van der Waals surface area contributed by atoms with Crippen LogP contribution in [0, 0.1) is 19.8 Å². The lowest BCUT2D eigenvalue weighted by molar-refractivity contribution is 0.125. The van der Waals surface area contributed by atoms with Gasteiger partial charge in [0.25, 0.3) is 0 Å². The minimum Gasteiger partial charge on any atom is -0.381 e. The van der Waals surface area contributed by atoms with Crippen LogP contribution in [0.2, 0.25) is 0 Å². The maximum Gasteiger partial charge on any atom is 0.171 e. The van der Waals surface area contributed by atoms with E-state index in [1.165, 1.54) is 59.1 Å². The summed E-state index contributed by atoms with van der Waals surface area (Å²) in [5, 5.41) is 43.9. The third-order valence-electron chi connectivity index (χ3n) is 6.74. The van der Waals surface area contributed by atoms with Crippen molar-refractivity contribution in [2.75, 3.05) is 19.8 Å². The summed E-state index contributed by atoms with van der Waals surface area (Å²) in [6, 6.07) is 0.616. The minimum atomic E-state index is 0.546. The lowest BCUT2D eigenvalue weighted by atomic mass is 10.2. The van der Waals surface area contributed by atoms with Gasteiger partial charge in [0, 0.05) is 54.1 Å². The minimum absolute atomic E-state index is 0.546. The van der Waals surface area contributed by atoms with Crippen molar-refractivity contribution >= 4 is 6.21 Å². The van der Waals surface area contributed by atoms with Gasteiger partial charge in [0.05, 0.1) is 32.6 Å². The SMILES string of the molecule is CC.CC.CC.CC.CC.CC.CC.CC1CCC=N1.CC1CCCO1.CC1CCOC1.Cc1nnn(C)n1.Cc1nnn(C)n1.Cn1cncn1.Cn1cncn1.Cn1cnnc1.Cn1nccn1. The van der Waals surface area contributed by atoms with Crippen LogP contribution in [0.1, 0.15) is 161 Å². The number of hydrogen-bond donors (Lipinski definition) is 0. The molecule has 23 nitrogen and oxygen atoms in total. The molecule has 0 aromatic carbocycles. The van der Waals surface area contributed by atoms with Gasteiger partial charge in [-0.25, -0.2) is 9.97 Å². The van der Waals surface area contributed by atoms with E-state index in [9.17, 15) is 0 Å². The Bertz CT molecular complexity index is 1480. The van der Waals surface area contributed by atoms with E-state index in [4.69, 9.17) is 9.47 Å². The molecule has 0 saturated carbocycles. The molecule has 9 rings (SSSR count). The first kappa shape index (κ1) is 78.5. The van der Waals surface area contributed by atoms with Crippen LogP contribution in [0.15, 0.2) is 55.4 Å². The van der Waals surface area contributed by atoms with Crippen LogP contribution in [0.4, 0.5) is 0 Å². The lowest BCUT2D eigenvalue weighted by Crippen LogP contribution is -1.94. The number of nitrogens with zero attached hydrogens (tertiary/aromatic N) is 21. The molecule has 3 aliphatic heterocycles. The third kappa shape index (κ3) is 62.3. The zero-order valence-electron chi connectivity index (χ0n) is 48.8. The van der Waals surface area contributed by atoms with Gasteiger partial charge in [0.2, 0.25) is 0 Å². The fourth-order valence-corrected chi connectivity index (χ4v) is 3.86. The van der Waals surface area contributed by atoms with Gasteiger partial charge in [0.15, 0.2) is 11.6 Å². The highest BCUT2D eigenvalue weighted by Crippen LogP contribution is 2.09. The Hall–Kier alpha value is -5.71. The Balaban J connectivity index is -0.000000124. The van der Waals surface area contributed by atoms with Crippen LogP contribution in [0.25, 0.3) is 0 Å². The molecule has 3 unspecified atom stereocenters. The quantitative estimate of drug-likeness (QED) is 0.138. The average Bonchev–Trinajstić information content (AvgIpc) is 4.22. The molecule has 0 amide bonds. The van der Waals surface area contributed by atoms with Crippen LogP contribution in [0.3, 0.4) is 0 Å². The smallest absolute Gasteiger partial charge is 0.171 e. The molecule has 3 aliphatic rings. The molecule has 2 fully saturated rings. The molecule has 0 spiro atoms. The summed E-state index contributed by atoms with van der Waals surface area (Å²) in [5.74, 6) is 2.25. The van der Waals surface area contributed by atoms with E-state index in [1.807, 2.05) is 124 Å². The first-order chi connectivity index (χ1) is 33.8. The Morgan fingerprint density at radius 3 is 1.07 bits per heavy atom. The number of aromatic nitrogens is 20. The number of aryl methyl sites for hydroxylation is 8. The second-order valence-corrected chi connectivity index (χ2v) is 12.5. The highest BCUT2D eigenvalue weighted by atomic mass is 16.5. The average molecular weight is 994 g/mol. The van der Waals surface area contributed by atoms with Crippen LogP contribution in [-0.2, 0) is 51.8 Å². The van der Waals surface area contributed by atoms with E-state index in [1.54, 1.807) is 86.6 Å². The summed E-state index contributed by atoms with van der Waals surface area (Å²) in [7, 11) is 10.8. The van der Waals surface area contributed by atoms with Crippen molar-refractivity contribution in [2.45, 2.75) is 176 Å². The third-order valence-corrected chi connectivity index (χ3v) is 6.74. The predicted octanol–water partition coefficient (Wildman–Crippen LogP) is 8.95. The molecule has 6 aromatic heterocycles. The van der Waals surface area contributed by atoms with Gasteiger partial charge in [-0.15, -0.1) is 30.6 Å². The Morgan fingerprint density at radius 2 is 0.971 bits per heavy atom. The van der Waals surface area contributed by atoms with Gasteiger partial charge in [-0.2, -0.15) is 34.8 Å². The molecule has 0 N–H and O–H groups in total. The van der Waals surface area contributed by atoms with Gasteiger partial charge < -0.3 is 14.0 Å². The summed E-state index contributed by atoms with van der Waals surface area (Å²) in [6.45, 7) is 41.0. The van der Waals surface area contributed by atoms with Crippen molar-refractivity contribution in [3.05, 3.63) is 62.0 Å². The summed E-state index contributed by atoms with van der Waals surface area (Å²) < 4.78 is 15.3. The van der Waals surface area contributed by atoms with E-state index in [2.05, 4.69) is 97.1 Å². The number of tetrazole rings is 2. The zero-order chi connectivity index (χ0) is 55.4. The Morgan fingerprint density at radius 1 is 0.529 bits per heavy atom. The molecule has 3 atom stereocenters. The second-order valence-electron chi connectivity index (χ2n) is 12.5. The monoisotopic (exact) mass is 994 g/mol. The standard InChI is InChI=1S/C5H9N.2C5H10O.2C3H6N4.4C3H5N3.7C2H6/c1-5-3-2-4-6-5;1-5-2-3-6-4-5;1-5-3-2-4-6-5;2*1-3-4-6-7(2)5-3;1-6-2-4-5-3-6;2*1-6-3-4-2-5-6;1-6-4-2-3-5-6;7*1-2/h4-5H,2-3H2,1H3;2*5H,2-4H2,1H3;2*1-2H3;4*2-3H,1H3;7*1-2H3. The van der Waals surface area contributed by atoms with Crippen LogP contribution in [-0.4, -0.2) is 138 Å². The topological polar surface area (TPSA) is 241 Å². The van der Waals surface area contributed by atoms with Gasteiger partial charge in [0.1, 0.15) is 38.0 Å². The van der Waals surface area contributed by atoms with E-state index < -0.39 is 0 Å². The molecule has 2 saturated heterocycles. The maximum absolute atomic E-state index is 5.15. The van der Waals surface area contributed by atoms with Gasteiger partial charge >= 0.3 is 0 Å². The Labute approximate surface area is 425 Å². The van der Waals surface area contributed by atoms with Gasteiger partial charge in [-0.05, 0) is 82.4 Å². The Kier molecular flexibility index (Phi) is 73.3. The summed E-state index contributed by atoms with van der Waals surface area (Å²) in [5.41, 5.74) is 0. The van der Waals surface area contributed by atoms with E-state index in [0.717, 1.165) is 25.7 Å². The number of ether oxygens (including phenoxy) is 2. The maximum atomic E-state index is 5.15. The molecular formula is C47H103N21O2. The molecule has 408 valence electrons. The van der Waals surface area contributed by atoms with Crippen molar-refractivity contribution < 1.29 is 9.47 Å². The zero-order valence-corrected chi connectivity index (χ0v) is 48.8. The molecule has 0 bridgehead atoms. The van der Waals surface area contributed by atoms with Crippen LogP contribution in [0.5, 0.6) is 0 Å². The summed E-state index contributed by atoms with van der Waals surface area (Å²) >= 11 is 0. The number of rotatable bonds is 0. The summed E-state index contributed by atoms with van der Waals surface area (Å²) in [6.07, 6.45) is 21.6. The fraction of sp³-hybridized carbons (Fsp3) is 0.766. The van der Waals surface area contributed by atoms with Gasteiger partial charge in [-0.1, -0.05) is 104 Å². The van der Waals surface area contributed by atoms with Crippen molar-refractivity contribution in [3.63, 3.8) is 0 Å². The van der Waals surface area contributed by atoms with Crippen LogP contribution >= 0.6 is 0 Å². The lowest BCUT2D eigenvalue weighted by Gasteiger charge is -1.94. The molecule has 9 heterocycles. The predicted molar refractivity (Wildman–Crippen MR) is 287 cm³/mol. The second kappa shape index (κ2) is 65.4. The van der Waals surface area contributed by atoms with Crippen molar-refractivity contribution in [1.82, 2.24) is 99.7 Å². The fourth-order valence-electron chi connectivity index (χ4n) is 3.86. The first-order valence-electron chi connectivity index (χ1n) is 25.1. The molecule has 0 radical (unpaired) electrons. The molecular weight excluding hydrogens is 891 g/mol. The van der Waals surface area contributed by atoms with Crippen molar-refractivity contribution in [2.24, 2.45) is 53.2 Å². The normalized spacial score (nSPS) is 14.2. The largest absolute Gasteiger partial charge is 0.381 e. The van der Waals surface area contributed by atoms with Crippen LogP contribution < -0.4 is 0 Å².